The van der Waals surface area contributed by atoms with Gasteiger partial charge in [-0.15, -0.1) is 0 Å². The number of hydrogen-bond donors (Lipinski definition) is 5. The molecule has 0 amide bonds. The lowest BCUT2D eigenvalue weighted by molar-refractivity contribution is -0.133. The van der Waals surface area contributed by atoms with Gasteiger partial charge in [-0.3, -0.25) is 0 Å². The lowest BCUT2D eigenvalue weighted by Crippen LogP contribution is -2.59. The van der Waals surface area contributed by atoms with Gasteiger partial charge in [0.2, 0.25) is 0 Å². The standard InChI is InChI=1S/C19H30O5/c1-18-6-4-11-16(10(18)2-3-15(18)23)14(22)8-12-17(24)13(21)5-7-19(11,12)9-20/h8,10-11,13-17,20-24H,2-7,9H2,1H3/t10-,11-,13-,14-,15-,16-,17+,18-,19-/m0/s1. The van der Waals surface area contributed by atoms with Crippen LogP contribution in [0, 0.1) is 28.6 Å². The Hall–Kier alpha value is -0.460. The van der Waals surface area contributed by atoms with Crippen molar-refractivity contribution in [3.8, 4) is 0 Å². The molecule has 0 bridgehead atoms. The smallest absolute Gasteiger partial charge is 0.102 e. The predicted molar refractivity (Wildman–Crippen MR) is 87.9 cm³/mol. The van der Waals surface area contributed by atoms with Gasteiger partial charge in [0.15, 0.2) is 0 Å². The van der Waals surface area contributed by atoms with Crippen LogP contribution in [0.3, 0.4) is 0 Å². The van der Waals surface area contributed by atoms with E-state index in [-0.39, 0.29) is 35.9 Å². The van der Waals surface area contributed by atoms with Gasteiger partial charge in [-0.25, -0.2) is 0 Å². The minimum Gasteiger partial charge on any atom is -0.395 e. The van der Waals surface area contributed by atoms with Crippen molar-refractivity contribution in [2.24, 2.45) is 28.6 Å². The lowest BCUT2D eigenvalue weighted by atomic mass is 9.46. The Morgan fingerprint density at radius 3 is 2.46 bits per heavy atom. The molecule has 0 aliphatic heterocycles. The Labute approximate surface area is 143 Å². The van der Waals surface area contributed by atoms with Crippen LogP contribution in [-0.2, 0) is 0 Å². The minimum atomic E-state index is -0.996. The molecule has 0 radical (unpaired) electrons. The molecular weight excluding hydrogens is 308 g/mol. The van der Waals surface area contributed by atoms with E-state index in [0.29, 0.717) is 18.4 Å². The van der Waals surface area contributed by atoms with Gasteiger partial charge in [0, 0.05) is 5.41 Å². The molecule has 3 fully saturated rings. The SMILES string of the molecule is C[C@]12CC[C@H]3[C@@H]([C@@H](O)C=C4[C@@H](O)[C@@H](O)CC[C@@]43CO)[C@@H]1CC[C@@H]2O. The van der Waals surface area contributed by atoms with E-state index in [1.165, 1.54) is 0 Å². The molecule has 0 aromatic carbocycles. The summed E-state index contributed by atoms with van der Waals surface area (Å²) in [5.41, 5.74) is -0.0476. The van der Waals surface area contributed by atoms with Crippen molar-refractivity contribution in [3.63, 3.8) is 0 Å². The molecule has 0 spiro atoms. The van der Waals surface area contributed by atoms with Crippen molar-refractivity contribution in [1.82, 2.24) is 0 Å². The Balaban J connectivity index is 1.78. The molecule has 5 N–H and O–H groups in total. The molecule has 9 atom stereocenters. The van der Waals surface area contributed by atoms with Gasteiger partial charge < -0.3 is 25.5 Å². The molecular formula is C19H30O5. The van der Waals surface area contributed by atoms with Crippen molar-refractivity contribution in [3.05, 3.63) is 11.6 Å². The van der Waals surface area contributed by atoms with E-state index in [9.17, 15) is 25.5 Å². The largest absolute Gasteiger partial charge is 0.395 e. The van der Waals surface area contributed by atoms with Gasteiger partial charge in [0.25, 0.3) is 0 Å². The summed E-state index contributed by atoms with van der Waals surface area (Å²) in [6.07, 6.45) is 3.44. The first-order valence-corrected chi connectivity index (χ1v) is 9.40. The second kappa shape index (κ2) is 5.52. The van der Waals surface area contributed by atoms with Crippen LogP contribution in [0.2, 0.25) is 0 Å². The van der Waals surface area contributed by atoms with Gasteiger partial charge in [-0.1, -0.05) is 13.0 Å². The molecule has 3 saturated carbocycles. The lowest BCUT2D eigenvalue weighted by Gasteiger charge is -2.59. The van der Waals surface area contributed by atoms with Crippen molar-refractivity contribution in [2.75, 3.05) is 6.61 Å². The Morgan fingerprint density at radius 2 is 1.75 bits per heavy atom. The zero-order valence-electron chi connectivity index (χ0n) is 14.3. The van der Waals surface area contributed by atoms with E-state index in [0.717, 1.165) is 25.7 Å². The molecule has 0 unspecified atom stereocenters. The van der Waals surface area contributed by atoms with Gasteiger partial charge in [-0.05, 0) is 67.3 Å². The van der Waals surface area contributed by atoms with Crippen molar-refractivity contribution < 1.29 is 25.5 Å². The van der Waals surface area contributed by atoms with Crippen LogP contribution in [0.15, 0.2) is 11.6 Å². The van der Waals surface area contributed by atoms with E-state index in [4.69, 9.17) is 0 Å². The first kappa shape index (κ1) is 17.0. The summed E-state index contributed by atoms with van der Waals surface area (Å²) < 4.78 is 0. The van der Waals surface area contributed by atoms with Crippen LogP contribution in [0.4, 0.5) is 0 Å². The summed E-state index contributed by atoms with van der Waals surface area (Å²) in [7, 11) is 0. The topological polar surface area (TPSA) is 101 Å². The molecule has 0 saturated heterocycles. The number of aliphatic hydroxyl groups is 5. The first-order chi connectivity index (χ1) is 11.3. The third kappa shape index (κ3) is 1.99. The molecule has 0 heterocycles. The molecule has 4 rings (SSSR count). The summed E-state index contributed by atoms with van der Waals surface area (Å²) in [6, 6.07) is 0. The predicted octanol–water partition coefficient (Wildman–Crippen LogP) is 0.585. The minimum absolute atomic E-state index is 0.0132. The van der Waals surface area contributed by atoms with Crippen LogP contribution in [-0.4, -0.2) is 56.6 Å². The summed E-state index contributed by atoms with van der Waals surface area (Å²) in [5.74, 6) is 0.355. The Morgan fingerprint density at radius 1 is 1.00 bits per heavy atom. The van der Waals surface area contributed by atoms with Gasteiger partial charge in [-0.2, -0.15) is 0 Å². The Kier molecular flexibility index (Phi) is 3.90. The van der Waals surface area contributed by atoms with E-state index >= 15 is 0 Å². The maximum Gasteiger partial charge on any atom is 0.102 e. The summed E-state index contributed by atoms with van der Waals surface area (Å²) >= 11 is 0. The third-order valence-electron chi connectivity index (χ3n) is 8.16. The first-order valence-electron chi connectivity index (χ1n) is 9.40. The highest BCUT2D eigenvalue weighted by atomic mass is 16.3. The van der Waals surface area contributed by atoms with Crippen molar-refractivity contribution in [2.45, 2.75) is 69.9 Å². The molecule has 5 heteroatoms. The number of fused-ring (bicyclic) bond motifs is 5. The van der Waals surface area contributed by atoms with E-state index < -0.39 is 23.7 Å². The zero-order chi connectivity index (χ0) is 17.3. The maximum atomic E-state index is 10.9. The van der Waals surface area contributed by atoms with Crippen molar-refractivity contribution in [1.29, 1.82) is 0 Å². The molecule has 5 nitrogen and oxygen atoms in total. The fourth-order valence-electron chi connectivity index (χ4n) is 6.74. The summed E-state index contributed by atoms with van der Waals surface area (Å²) in [6.45, 7) is 2.09. The van der Waals surface area contributed by atoms with Gasteiger partial charge in [0.05, 0.1) is 24.9 Å². The fourth-order valence-corrected chi connectivity index (χ4v) is 6.74. The van der Waals surface area contributed by atoms with Gasteiger partial charge >= 0.3 is 0 Å². The second-order valence-corrected chi connectivity index (χ2v) is 8.91. The third-order valence-corrected chi connectivity index (χ3v) is 8.16. The van der Waals surface area contributed by atoms with Crippen molar-refractivity contribution >= 4 is 0 Å². The number of aliphatic hydroxyl groups excluding tert-OH is 5. The highest BCUT2D eigenvalue weighted by molar-refractivity contribution is 5.32. The number of hydrogen-bond acceptors (Lipinski definition) is 5. The highest BCUT2D eigenvalue weighted by Crippen LogP contribution is 2.64. The molecule has 136 valence electrons. The zero-order valence-corrected chi connectivity index (χ0v) is 14.3. The summed E-state index contributed by atoms with van der Waals surface area (Å²) in [5, 5.41) is 52.2. The molecule has 4 aliphatic rings. The highest BCUT2D eigenvalue weighted by Gasteiger charge is 2.62. The van der Waals surface area contributed by atoms with E-state index in [1.807, 2.05) is 0 Å². The fraction of sp³-hybridized carbons (Fsp3) is 0.895. The average Bonchev–Trinajstić information content (AvgIpc) is 2.87. The van der Waals surface area contributed by atoms with E-state index in [1.54, 1.807) is 6.08 Å². The van der Waals surface area contributed by atoms with Crippen LogP contribution >= 0.6 is 0 Å². The van der Waals surface area contributed by atoms with Crippen LogP contribution in [0.25, 0.3) is 0 Å². The second-order valence-electron chi connectivity index (χ2n) is 8.91. The van der Waals surface area contributed by atoms with Crippen LogP contribution < -0.4 is 0 Å². The molecule has 0 aromatic rings. The van der Waals surface area contributed by atoms with Crippen LogP contribution in [0.1, 0.15) is 45.4 Å². The quantitative estimate of drug-likeness (QED) is 0.450. The number of rotatable bonds is 1. The van der Waals surface area contributed by atoms with Gasteiger partial charge in [0.1, 0.15) is 6.10 Å². The van der Waals surface area contributed by atoms with E-state index in [2.05, 4.69) is 6.92 Å². The molecule has 4 aliphatic carbocycles. The summed E-state index contributed by atoms with van der Waals surface area (Å²) in [4.78, 5) is 0. The monoisotopic (exact) mass is 338 g/mol. The normalized spacial score (nSPS) is 56.9. The Bertz CT molecular complexity index is 548. The maximum absolute atomic E-state index is 10.9. The van der Waals surface area contributed by atoms with Crippen LogP contribution in [0.5, 0.6) is 0 Å². The average molecular weight is 338 g/mol. The molecule has 0 aromatic heterocycles. The molecule has 24 heavy (non-hydrogen) atoms.